The Labute approximate surface area is 144 Å². The molecular weight excluding hydrogens is 320 g/mol. The molecule has 0 atom stereocenters. The van der Waals surface area contributed by atoms with E-state index >= 15 is 0 Å². The number of furan rings is 1. The Bertz CT molecular complexity index is 841. The molecule has 2 N–H and O–H groups in total. The summed E-state index contributed by atoms with van der Waals surface area (Å²) < 4.78 is 5.35. The molecule has 6 heteroatoms. The van der Waals surface area contributed by atoms with Crippen LogP contribution in [0.4, 0.5) is 5.95 Å². The van der Waals surface area contributed by atoms with E-state index in [0.717, 1.165) is 18.6 Å². The van der Waals surface area contributed by atoms with Crippen LogP contribution in [-0.2, 0) is 6.42 Å². The van der Waals surface area contributed by atoms with Crippen molar-refractivity contribution in [1.29, 1.82) is 5.26 Å². The second kappa shape index (κ2) is 7.66. The lowest BCUT2D eigenvalue weighted by atomic mass is 10.1. The third kappa shape index (κ3) is 3.76. The highest BCUT2D eigenvalue weighted by Gasteiger charge is 2.17. The molecule has 0 radical (unpaired) electrons. The first-order valence-corrected chi connectivity index (χ1v) is 8.54. The summed E-state index contributed by atoms with van der Waals surface area (Å²) in [7, 11) is 0. The van der Waals surface area contributed by atoms with Crippen LogP contribution >= 0.6 is 11.8 Å². The first kappa shape index (κ1) is 16.1. The summed E-state index contributed by atoms with van der Waals surface area (Å²) in [6.45, 7) is 0. The van der Waals surface area contributed by atoms with Gasteiger partial charge in [0.2, 0.25) is 5.95 Å². The topological polar surface area (TPSA) is 88.7 Å². The molecule has 3 rings (SSSR count). The van der Waals surface area contributed by atoms with Gasteiger partial charge in [-0.2, -0.15) is 5.26 Å². The zero-order chi connectivity index (χ0) is 16.8. The van der Waals surface area contributed by atoms with E-state index in [9.17, 15) is 5.26 Å². The summed E-state index contributed by atoms with van der Waals surface area (Å²) in [5.74, 6) is 1.51. The van der Waals surface area contributed by atoms with E-state index in [1.54, 1.807) is 18.4 Å². The van der Waals surface area contributed by atoms with Crippen LogP contribution in [0, 0.1) is 11.3 Å². The van der Waals surface area contributed by atoms with Crippen molar-refractivity contribution in [2.24, 2.45) is 0 Å². The van der Waals surface area contributed by atoms with Gasteiger partial charge in [0, 0.05) is 0 Å². The summed E-state index contributed by atoms with van der Waals surface area (Å²) in [5, 5.41) is 10.1. The number of nitrogens with zero attached hydrogens (tertiary/aromatic N) is 3. The quantitative estimate of drug-likeness (QED) is 0.417. The molecule has 0 aliphatic heterocycles. The van der Waals surface area contributed by atoms with Crippen molar-refractivity contribution < 1.29 is 4.42 Å². The predicted octanol–water partition coefficient (Wildman–Crippen LogP) is 3.92. The zero-order valence-corrected chi connectivity index (χ0v) is 13.8. The molecule has 0 amide bonds. The fourth-order valence-corrected chi connectivity index (χ4v) is 3.27. The third-order valence-electron chi connectivity index (χ3n) is 3.45. The van der Waals surface area contributed by atoms with E-state index in [-0.39, 0.29) is 5.95 Å². The standard InChI is InChI=1S/C18H16N4OS/c19-12-14-16(15-9-4-10-23-15)21-18(20)22-17(14)24-11-5-8-13-6-2-1-3-7-13/h1-4,6-7,9-10H,5,8,11H2,(H2,20,21,22). The van der Waals surface area contributed by atoms with E-state index in [4.69, 9.17) is 10.2 Å². The minimum absolute atomic E-state index is 0.144. The molecule has 2 heterocycles. The van der Waals surface area contributed by atoms with Gasteiger partial charge in [0.1, 0.15) is 22.4 Å². The van der Waals surface area contributed by atoms with Gasteiger partial charge in [0.15, 0.2) is 5.76 Å². The maximum atomic E-state index is 9.50. The molecule has 0 spiro atoms. The van der Waals surface area contributed by atoms with Crippen LogP contribution in [0.5, 0.6) is 0 Å². The molecule has 0 bridgehead atoms. The Morgan fingerprint density at radius 2 is 1.96 bits per heavy atom. The molecule has 120 valence electrons. The molecule has 24 heavy (non-hydrogen) atoms. The van der Waals surface area contributed by atoms with Crippen molar-refractivity contribution in [3.05, 3.63) is 59.9 Å². The van der Waals surface area contributed by atoms with E-state index in [0.29, 0.717) is 22.0 Å². The minimum Gasteiger partial charge on any atom is -0.463 e. The molecule has 3 aromatic rings. The third-order valence-corrected chi connectivity index (χ3v) is 4.51. The molecular formula is C18H16N4OS. The summed E-state index contributed by atoms with van der Waals surface area (Å²) in [6, 6.07) is 16.0. The number of thioether (sulfide) groups is 1. The Kier molecular flexibility index (Phi) is 5.14. The number of nitrogen functional groups attached to an aromatic ring is 1. The lowest BCUT2D eigenvalue weighted by Crippen LogP contribution is -2.02. The molecule has 0 aliphatic carbocycles. The molecule has 0 aliphatic rings. The predicted molar refractivity (Wildman–Crippen MR) is 94.3 cm³/mol. The minimum atomic E-state index is 0.144. The fourth-order valence-electron chi connectivity index (χ4n) is 2.34. The number of anilines is 1. The fraction of sp³-hybridized carbons (Fsp3) is 0.167. The van der Waals surface area contributed by atoms with Crippen molar-refractivity contribution in [1.82, 2.24) is 9.97 Å². The number of benzene rings is 1. The van der Waals surface area contributed by atoms with Crippen molar-refractivity contribution in [3.8, 4) is 17.5 Å². The maximum absolute atomic E-state index is 9.50. The smallest absolute Gasteiger partial charge is 0.221 e. The van der Waals surface area contributed by atoms with Crippen LogP contribution in [-0.4, -0.2) is 15.7 Å². The van der Waals surface area contributed by atoms with Gasteiger partial charge >= 0.3 is 0 Å². The van der Waals surface area contributed by atoms with Gasteiger partial charge in [-0.15, -0.1) is 11.8 Å². The van der Waals surface area contributed by atoms with Gasteiger partial charge in [0.25, 0.3) is 0 Å². The number of aromatic nitrogens is 2. The number of rotatable bonds is 6. The van der Waals surface area contributed by atoms with Crippen molar-refractivity contribution in [3.63, 3.8) is 0 Å². The average Bonchev–Trinajstić information content (AvgIpc) is 3.13. The lowest BCUT2D eigenvalue weighted by molar-refractivity contribution is 0.579. The zero-order valence-electron chi connectivity index (χ0n) is 13.0. The van der Waals surface area contributed by atoms with E-state index < -0.39 is 0 Å². The van der Waals surface area contributed by atoms with Gasteiger partial charge < -0.3 is 10.2 Å². The van der Waals surface area contributed by atoms with Crippen LogP contribution < -0.4 is 5.73 Å². The lowest BCUT2D eigenvalue weighted by Gasteiger charge is -2.07. The average molecular weight is 336 g/mol. The second-order valence-electron chi connectivity index (χ2n) is 5.14. The van der Waals surface area contributed by atoms with Gasteiger partial charge in [-0.25, -0.2) is 9.97 Å². The van der Waals surface area contributed by atoms with E-state index in [1.165, 1.54) is 17.3 Å². The molecule has 0 unspecified atom stereocenters. The van der Waals surface area contributed by atoms with Gasteiger partial charge in [0.05, 0.1) is 6.26 Å². The van der Waals surface area contributed by atoms with Crippen molar-refractivity contribution in [2.75, 3.05) is 11.5 Å². The Hall–Kier alpha value is -2.78. The molecule has 1 aromatic carbocycles. The largest absolute Gasteiger partial charge is 0.463 e. The Morgan fingerprint density at radius 1 is 1.12 bits per heavy atom. The number of aryl methyl sites for hydroxylation is 1. The van der Waals surface area contributed by atoms with Gasteiger partial charge in [-0.05, 0) is 36.3 Å². The molecule has 5 nitrogen and oxygen atoms in total. The van der Waals surface area contributed by atoms with Crippen molar-refractivity contribution in [2.45, 2.75) is 17.9 Å². The summed E-state index contributed by atoms with van der Waals surface area (Å²) in [6.07, 6.45) is 3.52. The summed E-state index contributed by atoms with van der Waals surface area (Å²) in [5.41, 5.74) is 7.95. The normalized spacial score (nSPS) is 10.5. The number of nitriles is 1. The SMILES string of the molecule is N#Cc1c(SCCCc2ccccc2)nc(N)nc1-c1ccco1. The number of hydrogen-bond donors (Lipinski definition) is 1. The van der Waals surface area contributed by atoms with Crippen LogP contribution in [0.15, 0.2) is 58.2 Å². The van der Waals surface area contributed by atoms with Crippen LogP contribution in [0.25, 0.3) is 11.5 Å². The highest BCUT2D eigenvalue weighted by atomic mass is 32.2. The molecule has 2 aromatic heterocycles. The van der Waals surface area contributed by atoms with Crippen molar-refractivity contribution >= 4 is 17.7 Å². The molecule has 0 saturated carbocycles. The van der Waals surface area contributed by atoms with E-state index in [1.807, 2.05) is 18.2 Å². The van der Waals surface area contributed by atoms with Crippen LogP contribution in [0.2, 0.25) is 0 Å². The highest BCUT2D eigenvalue weighted by Crippen LogP contribution is 2.30. The summed E-state index contributed by atoms with van der Waals surface area (Å²) >= 11 is 1.52. The van der Waals surface area contributed by atoms with E-state index in [2.05, 4.69) is 28.2 Å². The number of nitrogens with two attached hydrogens (primary N) is 1. The number of hydrogen-bond acceptors (Lipinski definition) is 6. The Balaban J connectivity index is 1.72. The van der Waals surface area contributed by atoms with Crippen LogP contribution in [0.3, 0.4) is 0 Å². The molecule has 0 fully saturated rings. The first-order valence-electron chi connectivity index (χ1n) is 7.56. The van der Waals surface area contributed by atoms with Crippen LogP contribution in [0.1, 0.15) is 17.5 Å². The summed E-state index contributed by atoms with van der Waals surface area (Å²) in [4.78, 5) is 8.38. The Morgan fingerprint density at radius 3 is 2.67 bits per heavy atom. The second-order valence-corrected chi connectivity index (χ2v) is 6.22. The maximum Gasteiger partial charge on any atom is 0.221 e. The monoisotopic (exact) mass is 336 g/mol. The van der Waals surface area contributed by atoms with Gasteiger partial charge in [-0.1, -0.05) is 30.3 Å². The highest BCUT2D eigenvalue weighted by molar-refractivity contribution is 7.99. The van der Waals surface area contributed by atoms with Gasteiger partial charge in [-0.3, -0.25) is 0 Å². The molecule has 0 saturated heterocycles. The first-order chi connectivity index (χ1) is 11.8.